The third-order valence-electron chi connectivity index (χ3n) is 4.14. The van der Waals surface area contributed by atoms with Crippen molar-refractivity contribution in [3.05, 3.63) is 36.0 Å². The number of aromatic amines is 1. The van der Waals surface area contributed by atoms with E-state index in [9.17, 15) is 9.90 Å². The van der Waals surface area contributed by atoms with E-state index in [1.807, 2.05) is 37.4 Å². The van der Waals surface area contributed by atoms with E-state index in [0.717, 1.165) is 16.5 Å². The molecule has 4 N–H and O–H groups in total. The zero-order chi connectivity index (χ0) is 16.8. The Morgan fingerprint density at radius 2 is 2.13 bits per heavy atom. The molecule has 1 heterocycles. The van der Waals surface area contributed by atoms with Crippen LogP contribution in [0.15, 0.2) is 30.5 Å². The zero-order valence-electron chi connectivity index (χ0n) is 13.8. The third kappa shape index (κ3) is 4.10. The molecule has 0 saturated carbocycles. The number of likely N-dealkylation sites (N-methyl/N-ethyl adjacent to an activating group) is 1. The quantitative estimate of drug-likeness (QED) is 0.580. The number of aromatic nitrogens is 1. The first-order valence-corrected chi connectivity index (χ1v) is 7.77. The number of fused-ring (bicyclic) bond motifs is 1. The Labute approximate surface area is 136 Å². The highest BCUT2D eigenvalue weighted by molar-refractivity contribution is 5.84. The van der Waals surface area contributed by atoms with Gasteiger partial charge in [-0.05, 0) is 32.0 Å². The van der Waals surface area contributed by atoms with Crippen LogP contribution in [0.2, 0.25) is 0 Å². The molecule has 0 spiro atoms. The van der Waals surface area contributed by atoms with Crippen LogP contribution in [-0.2, 0) is 16.0 Å². The van der Waals surface area contributed by atoms with Gasteiger partial charge in [0.15, 0.2) is 0 Å². The van der Waals surface area contributed by atoms with Gasteiger partial charge in [0.25, 0.3) is 0 Å². The van der Waals surface area contributed by atoms with Crippen LogP contribution in [0.4, 0.5) is 0 Å². The average molecular weight is 319 g/mol. The SMILES string of the molecule is CN[C@H](C(=O)N[C@H](CO)Cc1c[nH]c2ccccc12)[C@@H](C)OC. The first kappa shape index (κ1) is 17.5. The number of amides is 1. The molecule has 1 aromatic carbocycles. The second-order valence-corrected chi connectivity index (χ2v) is 5.66. The van der Waals surface area contributed by atoms with Crippen molar-refractivity contribution < 1.29 is 14.6 Å². The maximum absolute atomic E-state index is 12.4. The van der Waals surface area contributed by atoms with Crippen molar-refractivity contribution in [1.29, 1.82) is 0 Å². The van der Waals surface area contributed by atoms with Gasteiger partial charge in [-0.15, -0.1) is 0 Å². The summed E-state index contributed by atoms with van der Waals surface area (Å²) in [6.45, 7) is 1.71. The Balaban J connectivity index is 2.06. The number of hydrogen-bond acceptors (Lipinski definition) is 4. The maximum Gasteiger partial charge on any atom is 0.240 e. The van der Waals surface area contributed by atoms with Crippen molar-refractivity contribution in [3.8, 4) is 0 Å². The topological polar surface area (TPSA) is 86.4 Å². The van der Waals surface area contributed by atoms with Crippen LogP contribution < -0.4 is 10.6 Å². The molecule has 0 unspecified atom stereocenters. The van der Waals surface area contributed by atoms with E-state index < -0.39 is 6.04 Å². The van der Waals surface area contributed by atoms with E-state index in [2.05, 4.69) is 15.6 Å². The van der Waals surface area contributed by atoms with Crippen LogP contribution in [0.5, 0.6) is 0 Å². The molecule has 1 amide bonds. The first-order chi connectivity index (χ1) is 11.1. The molecule has 23 heavy (non-hydrogen) atoms. The summed E-state index contributed by atoms with van der Waals surface area (Å²) in [5.74, 6) is -0.180. The molecule has 0 aliphatic carbocycles. The molecule has 0 aliphatic rings. The lowest BCUT2D eigenvalue weighted by molar-refractivity contribution is -0.127. The van der Waals surface area contributed by atoms with E-state index in [-0.39, 0.29) is 24.7 Å². The van der Waals surface area contributed by atoms with E-state index in [0.29, 0.717) is 6.42 Å². The van der Waals surface area contributed by atoms with Crippen LogP contribution in [0.25, 0.3) is 10.9 Å². The molecule has 3 atom stereocenters. The summed E-state index contributed by atoms with van der Waals surface area (Å²) in [7, 11) is 3.28. The fraction of sp³-hybridized carbons (Fsp3) is 0.471. The van der Waals surface area contributed by atoms with Gasteiger partial charge in [-0.2, -0.15) is 0 Å². The molecular formula is C17H25N3O3. The second-order valence-electron chi connectivity index (χ2n) is 5.66. The number of ether oxygens (including phenoxy) is 1. The summed E-state index contributed by atoms with van der Waals surface area (Å²) >= 11 is 0. The van der Waals surface area contributed by atoms with E-state index in [1.165, 1.54) is 0 Å². The normalized spacial score (nSPS) is 15.3. The van der Waals surface area contributed by atoms with Crippen molar-refractivity contribution in [2.75, 3.05) is 20.8 Å². The smallest absolute Gasteiger partial charge is 0.240 e. The molecule has 2 rings (SSSR count). The number of nitrogens with one attached hydrogen (secondary N) is 3. The zero-order valence-corrected chi connectivity index (χ0v) is 13.8. The number of carbonyl (C=O) groups is 1. The van der Waals surface area contributed by atoms with Gasteiger partial charge in [-0.3, -0.25) is 4.79 Å². The lowest BCUT2D eigenvalue weighted by atomic mass is 10.0. The van der Waals surface area contributed by atoms with Gasteiger partial charge in [-0.1, -0.05) is 18.2 Å². The Bertz CT molecular complexity index is 641. The van der Waals surface area contributed by atoms with E-state index in [1.54, 1.807) is 14.2 Å². The summed E-state index contributed by atoms with van der Waals surface area (Å²) in [5, 5.41) is 16.6. The van der Waals surface area contributed by atoms with E-state index in [4.69, 9.17) is 4.74 Å². The Morgan fingerprint density at radius 3 is 2.78 bits per heavy atom. The highest BCUT2D eigenvalue weighted by atomic mass is 16.5. The second kappa shape index (κ2) is 8.10. The standard InChI is InChI=1S/C17H25N3O3/c1-11(23-3)16(18-2)17(22)20-13(10-21)8-12-9-19-15-7-5-4-6-14(12)15/h4-7,9,11,13,16,18-19,21H,8,10H2,1-3H3,(H,20,22)/t11-,13+,16+/m1/s1. The number of benzene rings is 1. The van der Waals surface area contributed by atoms with Crippen LogP contribution in [0.3, 0.4) is 0 Å². The van der Waals surface area contributed by atoms with Gasteiger partial charge >= 0.3 is 0 Å². The van der Waals surface area contributed by atoms with Gasteiger partial charge in [0.1, 0.15) is 6.04 Å². The molecule has 126 valence electrons. The van der Waals surface area contributed by atoms with Crippen molar-refractivity contribution in [2.45, 2.75) is 31.5 Å². The Morgan fingerprint density at radius 1 is 1.39 bits per heavy atom. The van der Waals surface area contributed by atoms with Crippen molar-refractivity contribution >= 4 is 16.8 Å². The highest BCUT2D eigenvalue weighted by Gasteiger charge is 2.25. The van der Waals surface area contributed by atoms with Gasteiger partial charge in [0.2, 0.25) is 5.91 Å². The molecule has 0 bridgehead atoms. The van der Waals surface area contributed by atoms with Crippen LogP contribution in [0.1, 0.15) is 12.5 Å². The molecule has 2 aromatic rings. The number of aliphatic hydroxyl groups is 1. The molecule has 0 radical (unpaired) electrons. The lowest BCUT2D eigenvalue weighted by Gasteiger charge is -2.24. The molecular weight excluding hydrogens is 294 g/mol. The highest BCUT2D eigenvalue weighted by Crippen LogP contribution is 2.19. The van der Waals surface area contributed by atoms with Crippen LogP contribution in [-0.4, -0.2) is 54.9 Å². The number of hydrogen-bond donors (Lipinski definition) is 4. The van der Waals surface area contributed by atoms with Crippen LogP contribution >= 0.6 is 0 Å². The molecule has 0 saturated heterocycles. The number of rotatable bonds is 8. The fourth-order valence-corrected chi connectivity index (χ4v) is 2.73. The summed E-state index contributed by atoms with van der Waals surface area (Å²) < 4.78 is 5.21. The third-order valence-corrected chi connectivity index (χ3v) is 4.14. The van der Waals surface area contributed by atoms with E-state index >= 15 is 0 Å². The lowest BCUT2D eigenvalue weighted by Crippen LogP contribution is -2.53. The monoisotopic (exact) mass is 319 g/mol. The summed E-state index contributed by atoms with van der Waals surface area (Å²) in [6, 6.07) is 7.17. The fourth-order valence-electron chi connectivity index (χ4n) is 2.73. The predicted molar refractivity (Wildman–Crippen MR) is 90.3 cm³/mol. The van der Waals surface area contributed by atoms with Gasteiger partial charge in [0, 0.05) is 24.2 Å². The summed E-state index contributed by atoms with van der Waals surface area (Å²) in [6.07, 6.45) is 2.23. The molecule has 0 aliphatic heterocycles. The van der Waals surface area contributed by atoms with Crippen molar-refractivity contribution in [2.24, 2.45) is 0 Å². The Kier molecular flexibility index (Phi) is 6.15. The van der Waals surface area contributed by atoms with Crippen molar-refractivity contribution in [3.63, 3.8) is 0 Å². The van der Waals surface area contributed by atoms with Crippen molar-refractivity contribution in [1.82, 2.24) is 15.6 Å². The number of methoxy groups -OCH3 is 1. The summed E-state index contributed by atoms with van der Waals surface area (Å²) in [4.78, 5) is 15.6. The largest absolute Gasteiger partial charge is 0.394 e. The Hall–Kier alpha value is -1.89. The minimum Gasteiger partial charge on any atom is -0.394 e. The maximum atomic E-state index is 12.4. The molecule has 6 nitrogen and oxygen atoms in total. The predicted octanol–water partition coefficient (Wildman–Crippen LogP) is 0.810. The number of H-pyrrole nitrogens is 1. The molecule has 6 heteroatoms. The van der Waals surface area contributed by atoms with Gasteiger partial charge in [0.05, 0.1) is 18.8 Å². The van der Waals surface area contributed by atoms with Gasteiger partial charge in [-0.25, -0.2) is 0 Å². The average Bonchev–Trinajstić information content (AvgIpc) is 2.97. The minimum absolute atomic E-state index is 0.122. The number of para-hydroxylation sites is 1. The first-order valence-electron chi connectivity index (χ1n) is 7.77. The minimum atomic E-state index is -0.461. The number of aliphatic hydroxyl groups excluding tert-OH is 1. The summed E-state index contributed by atoms with van der Waals surface area (Å²) in [5.41, 5.74) is 2.12. The molecule has 1 aromatic heterocycles. The number of carbonyl (C=O) groups excluding carboxylic acids is 1. The van der Waals surface area contributed by atoms with Gasteiger partial charge < -0.3 is 25.5 Å². The van der Waals surface area contributed by atoms with Crippen LogP contribution in [0, 0.1) is 0 Å². The molecule has 0 fully saturated rings.